The molecule has 160 valence electrons. The van der Waals surface area contributed by atoms with Gasteiger partial charge in [-0.25, -0.2) is 0 Å². The number of nitrogens with zero attached hydrogens (tertiary/aromatic N) is 6. The summed E-state index contributed by atoms with van der Waals surface area (Å²) in [4.78, 5) is 13.1. The Kier molecular flexibility index (Phi) is 6.82. The average molecular weight is 423 g/mol. The van der Waals surface area contributed by atoms with Crippen LogP contribution in [-0.4, -0.2) is 24.1 Å². The highest BCUT2D eigenvalue weighted by atomic mass is 15.2. The molecule has 0 amide bonds. The predicted octanol–water partition coefficient (Wildman–Crippen LogP) is 6.16. The molecule has 0 unspecified atom stereocenters. The van der Waals surface area contributed by atoms with Gasteiger partial charge in [0.05, 0.1) is 35.9 Å². The van der Waals surface area contributed by atoms with Gasteiger partial charge in [-0.3, -0.25) is 9.97 Å². The molecule has 2 aromatic heterocycles. The maximum atomic E-state index is 4.61. The highest BCUT2D eigenvalue weighted by molar-refractivity contribution is 5.68. The lowest BCUT2D eigenvalue weighted by Crippen LogP contribution is -2.17. The van der Waals surface area contributed by atoms with E-state index in [4.69, 9.17) is 0 Å². The van der Waals surface area contributed by atoms with Crippen LogP contribution in [-0.2, 0) is 13.1 Å². The number of para-hydroxylation sites is 2. The minimum atomic E-state index is 0.691. The van der Waals surface area contributed by atoms with Gasteiger partial charge in [-0.05, 0) is 48.5 Å². The minimum absolute atomic E-state index is 0.691. The van der Waals surface area contributed by atoms with Gasteiger partial charge in [0.1, 0.15) is 11.4 Å². The number of aromatic nitrogens is 2. The van der Waals surface area contributed by atoms with Crippen molar-refractivity contribution in [3.8, 4) is 0 Å². The first-order valence-electron chi connectivity index (χ1n) is 10.5. The van der Waals surface area contributed by atoms with E-state index in [9.17, 15) is 0 Å². The summed E-state index contributed by atoms with van der Waals surface area (Å²) in [6.45, 7) is 1.38. The largest absolute Gasteiger partial charge is 0.367 e. The van der Waals surface area contributed by atoms with Crippen LogP contribution in [0, 0.1) is 0 Å². The molecule has 0 aliphatic heterocycles. The second-order valence-electron chi connectivity index (χ2n) is 7.53. The second kappa shape index (κ2) is 10.3. The normalized spacial score (nSPS) is 10.9. The van der Waals surface area contributed by atoms with Crippen LogP contribution in [0.25, 0.3) is 0 Å². The van der Waals surface area contributed by atoms with E-state index in [2.05, 4.69) is 42.1 Å². The summed E-state index contributed by atoms with van der Waals surface area (Å²) in [5.74, 6) is 0. The lowest BCUT2D eigenvalue weighted by atomic mass is 10.2. The van der Waals surface area contributed by atoms with E-state index in [0.29, 0.717) is 13.1 Å². The van der Waals surface area contributed by atoms with Crippen molar-refractivity contribution < 1.29 is 0 Å². The van der Waals surface area contributed by atoms with Gasteiger partial charge in [0.2, 0.25) is 0 Å². The molecular formula is C26H26N6. The molecule has 0 fully saturated rings. The first kappa shape index (κ1) is 21.2. The molecule has 0 bridgehead atoms. The van der Waals surface area contributed by atoms with Crippen molar-refractivity contribution in [3.63, 3.8) is 0 Å². The first-order valence-corrected chi connectivity index (χ1v) is 10.5. The van der Waals surface area contributed by atoms with E-state index in [-0.39, 0.29) is 0 Å². The summed E-state index contributed by atoms with van der Waals surface area (Å²) < 4.78 is 0. The molecule has 0 aliphatic rings. The van der Waals surface area contributed by atoms with Crippen LogP contribution in [0.2, 0.25) is 0 Å². The number of azo groups is 1. The smallest absolute Gasteiger partial charge is 0.109 e. The molecule has 0 atom stereocenters. The summed E-state index contributed by atoms with van der Waals surface area (Å²) >= 11 is 0. The molecule has 2 aromatic carbocycles. The Morgan fingerprint density at radius 3 is 1.38 bits per heavy atom. The third-order valence-electron chi connectivity index (χ3n) is 5.10. The van der Waals surface area contributed by atoms with Gasteiger partial charge in [-0.2, -0.15) is 0 Å². The Labute approximate surface area is 188 Å². The van der Waals surface area contributed by atoms with E-state index >= 15 is 0 Å². The lowest BCUT2D eigenvalue weighted by molar-refractivity contribution is 0.881. The van der Waals surface area contributed by atoms with Crippen LogP contribution < -0.4 is 9.80 Å². The quantitative estimate of drug-likeness (QED) is 0.319. The van der Waals surface area contributed by atoms with Crippen molar-refractivity contribution in [3.05, 3.63) is 109 Å². The fraction of sp³-hybridized carbons (Fsp3) is 0.154. The van der Waals surface area contributed by atoms with Gasteiger partial charge in [0.15, 0.2) is 0 Å². The average Bonchev–Trinajstić information content (AvgIpc) is 2.84. The Morgan fingerprint density at radius 2 is 0.969 bits per heavy atom. The Bertz CT molecular complexity index is 1070. The van der Waals surface area contributed by atoms with Crippen LogP contribution in [0.4, 0.5) is 22.7 Å². The van der Waals surface area contributed by atoms with Gasteiger partial charge in [0.25, 0.3) is 0 Å². The Morgan fingerprint density at radius 1 is 0.562 bits per heavy atom. The topological polar surface area (TPSA) is 57.0 Å². The summed E-state index contributed by atoms with van der Waals surface area (Å²) in [6.07, 6.45) is 3.63. The molecule has 6 nitrogen and oxygen atoms in total. The van der Waals surface area contributed by atoms with Crippen LogP contribution >= 0.6 is 0 Å². The van der Waals surface area contributed by atoms with Crippen molar-refractivity contribution in [1.82, 2.24) is 9.97 Å². The van der Waals surface area contributed by atoms with Crippen LogP contribution in [0.5, 0.6) is 0 Å². The molecule has 4 rings (SSSR count). The van der Waals surface area contributed by atoms with Gasteiger partial charge < -0.3 is 9.80 Å². The van der Waals surface area contributed by atoms with Gasteiger partial charge in [-0.15, -0.1) is 10.2 Å². The van der Waals surface area contributed by atoms with Crippen molar-refractivity contribution >= 4 is 22.7 Å². The number of benzene rings is 2. The maximum Gasteiger partial charge on any atom is 0.109 e. The zero-order valence-corrected chi connectivity index (χ0v) is 18.3. The number of rotatable bonds is 8. The fourth-order valence-corrected chi connectivity index (χ4v) is 3.49. The molecule has 6 heteroatoms. The molecule has 0 saturated heterocycles. The summed E-state index contributed by atoms with van der Waals surface area (Å²) in [5.41, 5.74) is 5.63. The number of hydrogen-bond acceptors (Lipinski definition) is 6. The van der Waals surface area contributed by atoms with Gasteiger partial charge in [-0.1, -0.05) is 36.4 Å². The van der Waals surface area contributed by atoms with Crippen molar-refractivity contribution in [2.45, 2.75) is 13.1 Å². The zero-order chi connectivity index (χ0) is 22.2. The molecular weight excluding hydrogens is 396 g/mol. The van der Waals surface area contributed by atoms with Gasteiger partial charge >= 0.3 is 0 Å². The summed E-state index contributed by atoms with van der Waals surface area (Å²) in [7, 11) is 4.08. The fourth-order valence-electron chi connectivity index (χ4n) is 3.49. The minimum Gasteiger partial charge on any atom is -0.367 e. The summed E-state index contributed by atoms with van der Waals surface area (Å²) in [6, 6.07) is 27.9. The Hall–Kier alpha value is -4.06. The van der Waals surface area contributed by atoms with Crippen molar-refractivity contribution in [2.24, 2.45) is 10.2 Å². The first-order chi connectivity index (χ1) is 15.7. The van der Waals surface area contributed by atoms with Gasteiger partial charge in [0, 0.05) is 26.5 Å². The van der Waals surface area contributed by atoms with Crippen LogP contribution in [0.15, 0.2) is 108 Å². The molecule has 32 heavy (non-hydrogen) atoms. The molecule has 0 N–H and O–H groups in total. The van der Waals surface area contributed by atoms with Crippen LogP contribution in [0.3, 0.4) is 0 Å². The zero-order valence-electron chi connectivity index (χ0n) is 18.3. The molecule has 0 saturated carbocycles. The molecule has 4 aromatic rings. The number of pyridine rings is 2. The number of hydrogen-bond donors (Lipinski definition) is 0. The summed E-state index contributed by atoms with van der Waals surface area (Å²) in [5, 5.41) is 9.22. The highest BCUT2D eigenvalue weighted by Gasteiger charge is 2.10. The van der Waals surface area contributed by atoms with E-state index < -0.39 is 0 Å². The lowest BCUT2D eigenvalue weighted by Gasteiger charge is -2.21. The Balaban J connectivity index is 1.55. The third-order valence-corrected chi connectivity index (χ3v) is 5.10. The van der Waals surface area contributed by atoms with E-state index in [0.717, 1.165) is 34.1 Å². The highest BCUT2D eigenvalue weighted by Crippen LogP contribution is 2.33. The SMILES string of the molecule is CN(Cc1ccccn1)c1ccccc1N=Nc1ccccc1N(C)Cc1ccccn1. The van der Waals surface area contributed by atoms with E-state index in [1.54, 1.807) is 0 Å². The standard InChI is InChI=1S/C26H26N6/c1-31(19-21-11-7-9-17-27-21)25-15-5-3-13-23(25)29-30-24-14-4-6-16-26(24)32(2)20-22-12-8-10-18-28-22/h3-18H,19-20H2,1-2H3. The molecule has 0 spiro atoms. The number of anilines is 2. The van der Waals surface area contributed by atoms with Crippen LogP contribution in [0.1, 0.15) is 11.4 Å². The maximum absolute atomic E-state index is 4.61. The van der Waals surface area contributed by atoms with Crippen molar-refractivity contribution in [2.75, 3.05) is 23.9 Å². The van der Waals surface area contributed by atoms with E-state index in [1.807, 2.05) is 99.3 Å². The van der Waals surface area contributed by atoms with E-state index in [1.165, 1.54) is 0 Å². The predicted molar refractivity (Wildman–Crippen MR) is 130 cm³/mol. The van der Waals surface area contributed by atoms with Crippen molar-refractivity contribution in [1.29, 1.82) is 0 Å². The molecule has 2 heterocycles. The monoisotopic (exact) mass is 422 g/mol. The third kappa shape index (κ3) is 5.35. The second-order valence-corrected chi connectivity index (χ2v) is 7.53. The molecule has 0 aliphatic carbocycles. The molecule has 0 radical (unpaired) electrons.